The van der Waals surface area contributed by atoms with Gasteiger partial charge < -0.3 is 9.64 Å². The van der Waals surface area contributed by atoms with Gasteiger partial charge in [-0.15, -0.1) is 11.3 Å². The number of hydrogen-bond donors (Lipinski definition) is 0. The van der Waals surface area contributed by atoms with Crippen LogP contribution in [0.1, 0.15) is 9.67 Å². The molecule has 0 aliphatic carbocycles. The monoisotopic (exact) mass is 223 g/mol. The Bertz CT molecular complexity index is 364. The lowest BCUT2D eigenvalue weighted by Gasteiger charge is -2.16. The third-order valence-corrected chi connectivity index (χ3v) is 4.35. The standard InChI is InChI=1S/C11H13NO2S/c13-5-10-1-2-11(15-10)12-3-8-6-14-7-9(8)4-12/h1-2,5,8-9H,3-4,6-7H2. The highest BCUT2D eigenvalue weighted by molar-refractivity contribution is 7.17. The Morgan fingerprint density at radius 1 is 1.33 bits per heavy atom. The van der Waals surface area contributed by atoms with E-state index in [1.54, 1.807) is 11.3 Å². The van der Waals surface area contributed by atoms with Crippen molar-refractivity contribution < 1.29 is 9.53 Å². The Morgan fingerprint density at radius 3 is 2.67 bits per heavy atom. The third-order valence-electron chi connectivity index (χ3n) is 3.28. The fourth-order valence-corrected chi connectivity index (χ4v) is 3.28. The van der Waals surface area contributed by atoms with Crippen molar-refractivity contribution in [3.63, 3.8) is 0 Å². The minimum atomic E-state index is 0.701. The number of ether oxygens (including phenoxy) is 1. The summed E-state index contributed by atoms with van der Waals surface area (Å²) >= 11 is 1.59. The van der Waals surface area contributed by atoms with E-state index in [-0.39, 0.29) is 0 Å². The van der Waals surface area contributed by atoms with Gasteiger partial charge in [0.25, 0.3) is 0 Å². The van der Waals surface area contributed by atoms with Crippen molar-refractivity contribution >= 4 is 22.6 Å². The first-order chi connectivity index (χ1) is 7.36. The third kappa shape index (κ3) is 1.58. The smallest absolute Gasteiger partial charge is 0.160 e. The second-order valence-electron chi connectivity index (χ2n) is 4.26. The van der Waals surface area contributed by atoms with E-state index in [2.05, 4.69) is 11.0 Å². The van der Waals surface area contributed by atoms with Gasteiger partial charge in [-0.3, -0.25) is 4.79 Å². The lowest BCUT2D eigenvalue weighted by atomic mass is 10.0. The number of carbonyl (C=O) groups excluding carboxylic acids is 1. The average molecular weight is 223 g/mol. The maximum Gasteiger partial charge on any atom is 0.160 e. The normalized spacial score (nSPS) is 29.5. The number of carbonyl (C=O) groups is 1. The molecule has 2 atom stereocenters. The van der Waals surface area contributed by atoms with Gasteiger partial charge >= 0.3 is 0 Å². The molecule has 0 amide bonds. The molecule has 3 heterocycles. The number of anilines is 1. The highest BCUT2D eigenvalue weighted by atomic mass is 32.1. The van der Waals surface area contributed by atoms with Gasteiger partial charge in [0.1, 0.15) is 0 Å². The molecular formula is C11H13NO2S. The van der Waals surface area contributed by atoms with E-state index in [1.165, 1.54) is 5.00 Å². The van der Waals surface area contributed by atoms with Gasteiger partial charge in [0.05, 0.1) is 23.1 Å². The van der Waals surface area contributed by atoms with E-state index < -0.39 is 0 Å². The van der Waals surface area contributed by atoms with Crippen molar-refractivity contribution in [1.82, 2.24) is 0 Å². The number of nitrogens with zero attached hydrogens (tertiary/aromatic N) is 1. The minimum Gasteiger partial charge on any atom is -0.381 e. The van der Waals surface area contributed by atoms with Crippen LogP contribution in [0.3, 0.4) is 0 Å². The Morgan fingerprint density at radius 2 is 2.07 bits per heavy atom. The van der Waals surface area contributed by atoms with Crippen LogP contribution in [0, 0.1) is 11.8 Å². The second kappa shape index (κ2) is 3.61. The van der Waals surface area contributed by atoms with Crippen molar-refractivity contribution in [1.29, 1.82) is 0 Å². The summed E-state index contributed by atoms with van der Waals surface area (Å²) in [6.07, 6.45) is 0.925. The predicted octanol–water partition coefficient (Wildman–Crippen LogP) is 1.64. The van der Waals surface area contributed by atoms with Crippen LogP contribution in [-0.4, -0.2) is 32.6 Å². The largest absolute Gasteiger partial charge is 0.381 e. The van der Waals surface area contributed by atoms with Gasteiger partial charge in [-0.05, 0) is 12.1 Å². The minimum absolute atomic E-state index is 0.701. The summed E-state index contributed by atoms with van der Waals surface area (Å²) in [7, 11) is 0. The molecule has 3 nitrogen and oxygen atoms in total. The number of thiophene rings is 1. The molecule has 0 spiro atoms. The van der Waals surface area contributed by atoms with Gasteiger partial charge in [-0.1, -0.05) is 0 Å². The van der Waals surface area contributed by atoms with Crippen LogP contribution in [0.2, 0.25) is 0 Å². The molecule has 80 valence electrons. The Labute approximate surface area is 92.6 Å². The zero-order valence-electron chi connectivity index (χ0n) is 8.39. The van der Waals surface area contributed by atoms with E-state index in [0.29, 0.717) is 11.8 Å². The van der Waals surface area contributed by atoms with Crippen molar-refractivity contribution in [3.8, 4) is 0 Å². The lowest BCUT2D eigenvalue weighted by Crippen LogP contribution is -2.20. The van der Waals surface area contributed by atoms with E-state index in [4.69, 9.17) is 4.74 Å². The second-order valence-corrected chi connectivity index (χ2v) is 5.35. The average Bonchev–Trinajstić information content (AvgIpc) is 2.91. The summed E-state index contributed by atoms with van der Waals surface area (Å²) in [4.78, 5) is 13.8. The molecule has 3 rings (SSSR count). The summed E-state index contributed by atoms with van der Waals surface area (Å²) in [5.41, 5.74) is 0. The highest BCUT2D eigenvalue weighted by Crippen LogP contribution is 2.35. The molecule has 1 aromatic rings. The molecule has 15 heavy (non-hydrogen) atoms. The van der Waals surface area contributed by atoms with Gasteiger partial charge in [-0.2, -0.15) is 0 Å². The fourth-order valence-electron chi connectivity index (χ4n) is 2.44. The Hall–Kier alpha value is -0.870. The number of hydrogen-bond acceptors (Lipinski definition) is 4. The molecule has 2 aliphatic heterocycles. The molecule has 2 saturated heterocycles. The highest BCUT2D eigenvalue weighted by Gasteiger charge is 2.37. The molecule has 0 saturated carbocycles. The van der Waals surface area contributed by atoms with Crippen LogP contribution in [0.15, 0.2) is 12.1 Å². The zero-order valence-corrected chi connectivity index (χ0v) is 9.20. The molecule has 0 radical (unpaired) electrons. The summed E-state index contributed by atoms with van der Waals surface area (Å²) in [5.74, 6) is 1.40. The first-order valence-corrected chi connectivity index (χ1v) is 6.06. The van der Waals surface area contributed by atoms with Crippen molar-refractivity contribution in [2.24, 2.45) is 11.8 Å². The number of aldehydes is 1. The molecule has 2 aliphatic rings. The zero-order chi connectivity index (χ0) is 10.3. The van der Waals surface area contributed by atoms with Crippen LogP contribution in [0.25, 0.3) is 0 Å². The van der Waals surface area contributed by atoms with E-state index in [1.807, 2.05) is 6.07 Å². The lowest BCUT2D eigenvalue weighted by molar-refractivity contribution is 0.112. The van der Waals surface area contributed by atoms with Crippen LogP contribution in [-0.2, 0) is 4.74 Å². The topological polar surface area (TPSA) is 29.5 Å². The van der Waals surface area contributed by atoms with Crippen LogP contribution < -0.4 is 4.90 Å². The Balaban J connectivity index is 1.76. The summed E-state index contributed by atoms with van der Waals surface area (Å²) < 4.78 is 5.44. The van der Waals surface area contributed by atoms with E-state index in [9.17, 15) is 4.79 Å². The fraction of sp³-hybridized carbons (Fsp3) is 0.545. The van der Waals surface area contributed by atoms with Gasteiger partial charge in [0.15, 0.2) is 6.29 Å². The molecular weight excluding hydrogens is 210 g/mol. The van der Waals surface area contributed by atoms with Gasteiger partial charge in [0, 0.05) is 24.9 Å². The molecule has 0 N–H and O–H groups in total. The van der Waals surface area contributed by atoms with E-state index in [0.717, 1.165) is 37.5 Å². The van der Waals surface area contributed by atoms with Gasteiger partial charge in [0.2, 0.25) is 0 Å². The predicted molar refractivity (Wildman–Crippen MR) is 59.7 cm³/mol. The SMILES string of the molecule is O=Cc1ccc(N2CC3COCC3C2)s1. The quantitative estimate of drug-likeness (QED) is 0.714. The summed E-state index contributed by atoms with van der Waals surface area (Å²) in [6.45, 7) is 3.99. The molecule has 0 bridgehead atoms. The molecule has 0 aromatic carbocycles. The van der Waals surface area contributed by atoms with Crippen molar-refractivity contribution in [3.05, 3.63) is 17.0 Å². The van der Waals surface area contributed by atoms with Crippen LogP contribution in [0.5, 0.6) is 0 Å². The molecule has 1 aromatic heterocycles. The van der Waals surface area contributed by atoms with Crippen LogP contribution in [0.4, 0.5) is 5.00 Å². The number of fused-ring (bicyclic) bond motifs is 1. The van der Waals surface area contributed by atoms with Crippen LogP contribution >= 0.6 is 11.3 Å². The summed E-state index contributed by atoms with van der Waals surface area (Å²) in [5, 5.41) is 1.23. The maximum atomic E-state index is 10.6. The van der Waals surface area contributed by atoms with Gasteiger partial charge in [-0.25, -0.2) is 0 Å². The maximum absolute atomic E-state index is 10.6. The Kier molecular flexibility index (Phi) is 2.25. The van der Waals surface area contributed by atoms with Crippen molar-refractivity contribution in [2.75, 3.05) is 31.2 Å². The van der Waals surface area contributed by atoms with E-state index >= 15 is 0 Å². The van der Waals surface area contributed by atoms with Crippen molar-refractivity contribution in [2.45, 2.75) is 0 Å². The molecule has 2 fully saturated rings. The number of rotatable bonds is 2. The first-order valence-electron chi connectivity index (χ1n) is 5.24. The molecule has 4 heteroatoms. The first kappa shape index (κ1) is 9.36. The molecule has 2 unspecified atom stereocenters. The summed E-state index contributed by atoms with van der Waals surface area (Å²) in [6, 6.07) is 3.95.